The number of anilines is 2. The summed E-state index contributed by atoms with van der Waals surface area (Å²) in [5.41, 5.74) is 5.16. The van der Waals surface area contributed by atoms with Crippen molar-refractivity contribution in [1.29, 1.82) is 0 Å². The fraction of sp³-hybridized carbons (Fsp3) is 0.136. The van der Waals surface area contributed by atoms with E-state index in [4.69, 9.17) is 0 Å². The number of Topliss-reactive ketones (excluding diaryl/α,β-unsaturated/α-hetero) is 1. The first kappa shape index (κ1) is 14.3. The molecule has 3 aromatic rings. The highest BCUT2D eigenvalue weighted by Crippen LogP contribution is 2.43. The quantitative estimate of drug-likeness (QED) is 0.573. The summed E-state index contributed by atoms with van der Waals surface area (Å²) in [6.07, 6.45) is 0.688. The first-order valence-corrected chi connectivity index (χ1v) is 8.52. The van der Waals surface area contributed by atoms with Crippen LogP contribution in [0.5, 0.6) is 0 Å². The summed E-state index contributed by atoms with van der Waals surface area (Å²) in [5, 5.41) is 2.38. The zero-order valence-corrected chi connectivity index (χ0v) is 14.3. The van der Waals surface area contributed by atoms with Crippen molar-refractivity contribution in [3.8, 4) is 0 Å². The number of fused-ring (bicyclic) bond motifs is 4. The maximum atomic E-state index is 13.2. The molecule has 0 spiro atoms. The van der Waals surface area contributed by atoms with E-state index in [-0.39, 0.29) is 5.78 Å². The molecule has 1 aliphatic heterocycles. The average molecular weight is 326 g/mol. The normalized spacial score (nSPS) is 16.0. The summed E-state index contributed by atoms with van der Waals surface area (Å²) >= 11 is 0. The molecular formula is C22H18N2O. The number of rotatable bonds is 0. The number of carbonyl (C=O) groups is 1. The van der Waals surface area contributed by atoms with Gasteiger partial charge in [0, 0.05) is 31.7 Å². The number of benzene rings is 3. The van der Waals surface area contributed by atoms with Crippen LogP contribution in [0.2, 0.25) is 0 Å². The van der Waals surface area contributed by atoms with E-state index in [1.807, 2.05) is 44.4 Å². The Bertz CT molecular complexity index is 1050. The first-order valence-electron chi connectivity index (χ1n) is 8.52. The standard InChI is InChI=1S/C22H18N2O/c1-23-19-9-5-6-10-20(19)24(2)22(23)18-13-17-15-8-4-3-7-14(15)11-12-16(17)21(18)25/h3-12H,13H2,1-2H3. The van der Waals surface area contributed by atoms with Gasteiger partial charge >= 0.3 is 0 Å². The van der Waals surface area contributed by atoms with Crippen molar-refractivity contribution in [2.75, 3.05) is 23.9 Å². The van der Waals surface area contributed by atoms with Crippen LogP contribution in [0.1, 0.15) is 15.9 Å². The maximum Gasteiger partial charge on any atom is 0.193 e. The molecule has 0 bridgehead atoms. The molecule has 0 radical (unpaired) electrons. The summed E-state index contributed by atoms with van der Waals surface area (Å²) in [7, 11) is 4.08. The molecule has 2 aliphatic rings. The Hall–Kier alpha value is -3.07. The molecule has 3 aromatic carbocycles. The van der Waals surface area contributed by atoms with Crippen molar-refractivity contribution < 1.29 is 4.79 Å². The third kappa shape index (κ3) is 1.84. The molecule has 25 heavy (non-hydrogen) atoms. The fourth-order valence-corrected chi connectivity index (χ4v) is 4.23. The van der Waals surface area contributed by atoms with Gasteiger partial charge in [-0.05, 0) is 28.5 Å². The van der Waals surface area contributed by atoms with Crippen molar-refractivity contribution in [1.82, 2.24) is 0 Å². The molecule has 0 atom stereocenters. The van der Waals surface area contributed by atoms with E-state index in [1.165, 1.54) is 10.8 Å². The highest BCUT2D eigenvalue weighted by Gasteiger charge is 2.35. The lowest BCUT2D eigenvalue weighted by Crippen LogP contribution is -2.25. The second-order valence-electron chi connectivity index (χ2n) is 6.73. The average Bonchev–Trinajstić information content (AvgIpc) is 3.10. The molecule has 0 N–H and O–H groups in total. The molecule has 3 nitrogen and oxygen atoms in total. The predicted molar refractivity (Wildman–Crippen MR) is 102 cm³/mol. The molecule has 122 valence electrons. The van der Waals surface area contributed by atoms with Crippen LogP contribution in [0.4, 0.5) is 11.4 Å². The Morgan fingerprint density at radius 3 is 2.16 bits per heavy atom. The second-order valence-corrected chi connectivity index (χ2v) is 6.73. The van der Waals surface area contributed by atoms with Gasteiger partial charge in [0.05, 0.1) is 11.4 Å². The minimum atomic E-state index is 0.155. The van der Waals surface area contributed by atoms with Crippen LogP contribution < -0.4 is 9.80 Å². The van der Waals surface area contributed by atoms with E-state index < -0.39 is 0 Å². The molecule has 1 aliphatic carbocycles. The van der Waals surface area contributed by atoms with Gasteiger partial charge in [0.15, 0.2) is 5.78 Å². The predicted octanol–water partition coefficient (Wildman–Crippen LogP) is 4.38. The Morgan fingerprint density at radius 1 is 0.800 bits per heavy atom. The molecule has 5 rings (SSSR count). The van der Waals surface area contributed by atoms with Crippen LogP contribution in [-0.4, -0.2) is 19.9 Å². The number of allylic oxidation sites excluding steroid dienone is 1. The summed E-state index contributed by atoms with van der Waals surface area (Å²) < 4.78 is 0. The van der Waals surface area contributed by atoms with Crippen molar-refractivity contribution >= 4 is 27.9 Å². The Balaban J connectivity index is 1.71. The fourth-order valence-electron chi connectivity index (χ4n) is 4.23. The number of para-hydroxylation sites is 2. The Labute approximate surface area is 146 Å². The number of carbonyl (C=O) groups excluding carboxylic acids is 1. The van der Waals surface area contributed by atoms with Crippen LogP contribution in [0, 0.1) is 0 Å². The van der Waals surface area contributed by atoms with Gasteiger partial charge in [-0.1, -0.05) is 48.5 Å². The smallest absolute Gasteiger partial charge is 0.193 e. The van der Waals surface area contributed by atoms with Crippen LogP contribution in [0.25, 0.3) is 10.8 Å². The zero-order valence-electron chi connectivity index (χ0n) is 14.3. The van der Waals surface area contributed by atoms with Crippen molar-refractivity contribution in [3.63, 3.8) is 0 Å². The van der Waals surface area contributed by atoms with E-state index in [2.05, 4.69) is 40.1 Å². The minimum Gasteiger partial charge on any atom is -0.329 e. The van der Waals surface area contributed by atoms with Crippen LogP contribution >= 0.6 is 0 Å². The zero-order chi connectivity index (χ0) is 17.1. The maximum absolute atomic E-state index is 13.2. The highest BCUT2D eigenvalue weighted by atomic mass is 16.1. The SMILES string of the molecule is CN1C(=C2Cc3c(ccc4ccccc34)C2=O)N(C)c2ccccc21. The van der Waals surface area contributed by atoms with E-state index in [1.54, 1.807) is 0 Å². The molecule has 0 fully saturated rings. The summed E-state index contributed by atoms with van der Waals surface area (Å²) in [6.45, 7) is 0. The molecule has 0 saturated carbocycles. The molecular weight excluding hydrogens is 308 g/mol. The topological polar surface area (TPSA) is 23.6 Å². The number of ketones is 1. The lowest BCUT2D eigenvalue weighted by atomic mass is 10.0. The van der Waals surface area contributed by atoms with Gasteiger partial charge in [-0.15, -0.1) is 0 Å². The van der Waals surface area contributed by atoms with Gasteiger partial charge in [0.1, 0.15) is 5.82 Å². The Kier molecular flexibility index (Phi) is 2.84. The molecule has 3 heteroatoms. The monoisotopic (exact) mass is 326 g/mol. The van der Waals surface area contributed by atoms with E-state index >= 15 is 0 Å². The van der Waals surface area contributed by atoms with E-state index in [0.717, 1.165) is 33.9 Å². The van der Waals surface area contributed by atoms with Gasteiger partial charge in [0.25, 0.3) is 0 Å². The lowest BCUT2D eigenvalue weighted by Gasteiger charge is -2.20. The van der Waals surface area contributed by atoms with Crippen molar-refractivity contribution in [2.45, 2.75) is 6.42 Å². The van der Waals surface area contributed by atoms with Crippen molar-refractivity contribution in [2.24, 2.45) is 0 Å². The molecule has 1 heterocycles. The number of nitrogens with zero attached hydrogens (tertiary/aromatic N) is 2. The second kappa shape index (κ2) is 4.96. The summed E-state index contributed by atoms with van der Waals surface area (Å²) in [5.74, 6) is 1.15. The number of hydrogen-bond donors (Lipinski definition) is 0. The van der Waals surface area contributed by atoms with E-state index in [9.17, 15) is 4.79 Å². The van der Waals surface area contributed by atoms with Gasteiger partial charge in [0.2, 0.25) is 0 Å². The third-order valence-electron chi connectivity index (χ3n) is 5.42. The van der Waals surface area contributed by atoms with Gasteiger partial charge in [-0.25, -0.2) is 0 Å². The molecule has 0 amide bonds. The first-order chi connectivity index (χ1) is 12.2. The van der Waals surface area contributed by atoms with Crippen LogP contribution in [-0.2, 0) is 6.42 Å². The summed E-state index contributed by atoms with van der Waals surface area (Å²) in [6, 6.07) is 20.6. The Morgan fingerprint density at radius 2 is 1.44 bits per heavy atom. The summed E-state index contributed by atoms with van der Waals surface area (Å²) in [4.78, 5) is 17.4. The lowest BCUT2D eigenvalue weighted by molar-refractivity contribution is 0.103. The molecule has 0 aromatic heterocycles. The van der Waals surface area contributed by atoms with Crippen LogP contribution in [0.3, 0.4) is 0 Å². The van der Waals surface area contributed by atoms with Gasteiger partial charge < -0.3 is 9.80 Å². The van der Waals surface area contributed by atoms with Gasteiger partial charge in [-0.3, -0.25) is 4.79 Å². The van der Waals surface area contributed by atoms with Gasteiger partial charge in [-0.2, -0.15) is 0 Å². The minimum absolute atomic E-state index is 0.155. The third-order valence-corrected chi connectivity index (χ3v) is 5.42. The number of hydrogen-bond acceptors (Lipinski definition) is 3. The molecule has 0 saturated heterocycles. The van der Waals surface area contributed by atoms with Crippen molar-refractivity contribution in [3.05, 3.63) is 83.2 Å². The highest BCUT2D eigenvalue weighted by molar-refractivity contribution is 6.17. The van der Waals surface area contributed by atoms with Crippen LogP contribution in [0.15, 0.2) is 72.1 Å². The molecule has 0 unspecified atom stereocenters. The largest absolute Gasteiger partial charge is 0.329 e. The van der Waals surface area contributed by atoms with E-state index in [0.29, 0.717) is 6.42 Å².